The van der Waals surface area contributed by atoms with E-state index in [1.165, 1.54) is 12.1 Å². The Morgan fingerprint density at radius 2 is 1.90 bits per heavy atom. The number of anilines is 1. The highest BCUT2D eigenvalue weighted by atomic mass is 16.4. The highest BCUT2D eigenvalue weighted by molar-refractivity contribution is 5.94. The van der Waals surface area contributed by atoms with Crippen molar-refractivity contribution in [1.82, 2.24) is 5.32 Å². The summed E-state index contributed by atoms with van der Waals surface area (Å²) < 4.78 is 0. The monoisotopic (exact) mass is 277 g/mol. The van der Waals surface area contributed by atoms with Crippen molar-refractivity contribution in [3.63, 3.8) is 0 Å². The number of carboxylic acid groups (broad SMARTS) is 2. The van der Waals surface area contributed by atoms with Crippen molar-refractivity contribution in [2.75, 3.05) is 5.32 Å². The molecule has 0 aliphatic rings. The summed E-state index contributed by atoms with van der Waals surface area (Å²) in [4.78, 5) is 32.9. The van der Waals surface area contributed by atoms with E-state index < -0.39 is 30.4 Å². The van der Waals surface area contributed by atoms with Gasteiger partial charge in [-0.3, -0.25) is 4.79 Å². The van der Waals surface area contributed by atoms with Gasteiger partial charge in [-0.2, -0.15) is 5.26 Å². The van der Waals surface area contributed by atoms with Crippen LogP contribution in [0.15, 0.2) is 24.3 Å². The Labute approximate surface area is 113 Å². The van der Waals surface area contributed by atoms with Crippen molar-refractivity contribution >= 4 is 23.7 Å². The molecule has 0 saturated carbocycles. The van der Waals surface area contributed by atoms with E-state index >= 15 is 0 Å². The van der Waals surface area contributed by atoms with Crippen LogP contribution in [0.3, 0.4) is 0 Å². The lowest BCUT2D eigenvalue weighted by molar-refractivity contribution is -0.145. The van der Waals surface area contributed by atoms with Crippen LogP contribution in [-0.2, 0) is 9.59 Å². The SMILES string of the molecule is N#Cc1ccccc1NC(=O)N[C@H](CC(=O)O)C(=O)O. The molecular formula is C12H11N3O5. The molecule has 0 aliphatic carbocycles. The van der Waals surface area contributed by atoms with Gasteiger partial charge in [0.15, 0.2) is 0 Å². The predicted molar refractivity (Wildman–Crippen MR) is 67.0 cm³/mol. The minimum atomic E-state index is -1.55. The van der Waals surface area contributed by atoms with Crippen molar-refractivity contribution in [1.29, 1.82) is 5.26 Å². The van der Waals surface area contributed by atoms with Crippen LogP contribution in [0, 0.1) is 11.3 Å². The van der Waals surface area contributed by atoms with Gasteiger partial charge >= 0.3 is 18.0 Å². The van der Waals surface area contributed by atoms with Crippen molar-refractivity contribution < 1.29 is 24.6 Å². The number of aliphatic carboxylic acids is 2. The van der Waals surface area contributed by atoms with Gasteiger partial charge in [-0.15, -0.1) is 0 Å². The zero-order valence-electron chi connectivity index (χ0n) is 10.2. The molecule has 0 fully saturated rings. The van der Waals surface area contributed by atoms with Crippen molar-refractivity contribution in [2.45, 2.75) is 12.5 Å². The third kappa shape index (κ3) is 4.30. The van der Waals surface area contributed by atoms with E-state index in [0.29, 0.717) is 0 Å². The normalized spacial score (nSPS) is 10.9. The zero-order chi connectivity index (χ0) is 15.1. The number of hydrogen-bond donors (Lipinski definition) is 4. The van der Waals surface area contributed by atoms with Crippen LogP contribution in [0.1, 0.15) is 12.0 Å². The second kappa shape index (κ2) is 6.75. The van der Waals surface area contributed by atoms with Gasteiger partial charge in [0.2, 0.25) is 0 Å². The van der Waals surface area contributed by atoms with E-state index in [2.05, 4.69) is 5.32 Å². The van der Waals surface area contributed by atoms with E-state index in [1.807, 2.05) is 11.4 Å². The highest BCUT2D eigenvalue weighted by Gasteiger charge is 2.23. The number of carbonyl (C=O) groups is 3. The number of nitrogens with one attached hydrogen (secondary N) is 2. The average Bonchev–Trinajstić information content (AvgIpc) is 2.37. The van der Waals surface area contributed by atoms with Crippen molar-refractivity contribution in [3.05, 3.63) is 29.8 Å². The summed E-state index contributed by atoms with van der Waals surface area (Å²) in [5.74, 6) is -2.81. The standard InChI is InChI=1S/C12H11N3O5/c13-6-7-3-1-2-4-8(7)14-12(20)15-9(11(18)19)5-10(16)17/h1-4,9H,5H2,(H,16,17)(H,18,19)(H2,14,15,20)/t9-/m1/s1. The second-order valence-electron chi connectivity index (χ2n) is 3.74. The number of amides is 2. The number of hydrogen-bond acceptors (Lipinski definition) is 4. The van der Waals surface area contributed by atoms with E-state index in [9.17, 15) is 14.4 Å². The number of nitriles is 1. The Balaban J connectivity index is 2.73. The third-order valence-electron chi connectivity index (χ3n) is 2.28. The van der Waals surface area contributed by atoms with Crippen LogP contribution >= 0.6 is 0 Å². The maximum absolute atomic E-state index is 11.6. The van der Waals surface area contributed by atoms with Gasteiger partial charge in [-0.1, -0.05) is 12.1 Å². The zero-order valence-corrected chi connectivity index (χ0v) is 10.2. The summed E-state index contributed by atoms with van der Waals surface area (Å²) in [6.45, 7) is 0. The van der Waals surface area contributed by atoms with Crippen LogP contribution in [0.25, 0.3) is 0 Å². The Hall–Kier alpha value is -3.08. The highest BCUT2D eigenvalue weighted by Crippen LogP contribution is 2.13. The smallest absolute Gasteiger partial charge is 0.326 e. The topological polar surface area (TPSA) is 140 Å². The molecule has 0 saturated heterocycles. The summed E-state index contributed by atoms with van der Waals surface area (Å²) in [5, 5.41) is 30.4. The molecule has 1 aromatic carbocycles. The minimum Gasteiger partial charge on any atom is -0.481 e. The summed E-state index contributed by atoms with van der Waals surface area (Å²) in [7, 11) is 0. The minimum absolute atomic E-state index is 0.201. The molecule has 20 heavy (non-hydrogen) atoms. The van der Waals surface area contributed by atoms with E-state index in [1.54, 1.807) is 12.1 Å². The maximum Gasteiger partial charge on any atom is 0.326 e. The summed E-state index contributed by atoms with van der Waals surface area (Å²) >= 11 is 0. The van der Waals surface area contributed by atoms with Gasteiger partial charge in [0.1, 0.15) is 12.1 Å². The van der Waals surface area contributed by atoms with Crippen molar-refractivity contribution in [2.24, 2.45) is 0 Å². The summed E-state index contributed by atoms with van der Waals surface area (Å²) in [5.41, 5.74) is 0.403. The van der Waals surface area contributed by atoms with Gasteiger partial charge in [0.25, 0.3) is 0 Å². The lowest BCUT2D eigenvalue weighted by Gasteiger charge is -2.13. The molecule has 8 nitrogen and oxygen atoms in total. The molecule has 1 atom stereocenters. The number of nitrogens with zero attached hydrogens (tertiary/aromatic N) is 1. The van der Waals surface area contributed by atoms with Crippen LogP contribution in [0.2, 0.25) is 0 Å². The molecule has 4 N–H and O–H groups in total. The first-order valence-electron chi connectivity index (χ1n) is 5.45. The largest absolute Gasteiger partial charge is 0.481 e. The molecular weight excluding hydrogens is 266 g/mol. The third-order valence-corrected chi connectivity index (χ3v) is 2.28. The van der Waals surface area contributed by atoms with Gasteiger partial charge in [-0.25, -0.2) is 9.59 Å². The van der Waals surface area contributed by atoms with Gasteiger partial charge in [0.05, 0.1) is 17.7 Å². The van der Waals surface area contributed by atoms with Crippen LogP contribution in [0.4, 0.5) is 10.5 Å². The molecule has 0 spiro atoms. The molecule has 104 valence electrons. The molecule has 1 aromatic rings. The summed E-state index contributed by atoms with van der Waals surface area (Å²) in [6, 6.07) is 5.53. The van der Waals surface area contributed by atoms with Crippen LogP contribution in [-0.4, -0.2) is 34.2 Å². The van der Waals surface area contributed by atoms with Gasteiger partial charge in [0, 0.05) is 0 Å². The first kappa shape index (κ1) is 15.0. The molecule has 2 amide bonds. The predicted octanol–water partition coefficient (Wildman–Crippen LogP) is 0.608. The molecule has 8 heteroatoms. The van der Waals surface area contributed by atoms with Crippen LogP contribution < -0.4 is 10.6 Å². The number of carbonyl (C=O) groups excluding carboxylic acids is 1. The van der Waals surface area contributed by atoms with Crippen molar-refractivity contribution in [3.8, 4) is 6.07 Å². The molecule has 0 bridgehead atoms. The lowest BCUT2D eigenvalue weighted by Crippen LogP contribution is -2.44. The fourth-order valence-electron chi connectivity index (χ4n) is 1.38. The average molecular weight is 277 g/mol. The molecule has 0 aromatic heterocycles. The van der Waals surface area contributed by atoms with Gasteiger partial charge in [-0.05, 0) is 12.1 Å². The number of urea groups is 1. The fourth-order valence-corrected chi connectivity index (χ4v) is 1.38. The first-order chi connectivity index (χ1) is 9.43. The Morgan fingerprint density at radius 1 is 1.25 bits per heavy atom. The van der Waals surface area contributed by atoms with Gasteiger partial charge < -0.3 is 20.8 Å². The maximum atomic E-state index is 11.6. The molecule has 0 unspecified atom stereocenters. The van der Waals surface area contributed by atoms with Crippen LogP contribution in [0.5, 0.6) is 0 Å². The van der Waals surface area contributed by atoms with E-state index in [0.717, 1.165) is 0 Å². The molecule has 0 radical (unpaired) electrons. The van der Waals surface area contributed by atoms with E-state index in [4.69, 9.17) is 15.5 Å². The molecule has 1 rings (SSSR count). The Morgan fingerprint density at radius 3 is 2.45 bits per heavy atom. The first-order valence-corrected chi connectivity index (χ1v) is 5.45. The second-order valence-corrected chi connectivity index (χ2v) is 3.74. The lowest BCUT2D eigenvalue weighted by atomic mass is 10.2. The Bertz CT molecular complexity index is 579. The number of carboxylic acids is 2. The molecule has 0 heterocycles. The summed E-state index contributed by atoms with van der Waals surface area (Å²) in [6.07, 6.45) is -0.747. The quantitative estimate of drug-likeness (QED) is 0.621. The number of para-hydroxylation sites is 1. The number of benzene rings is 1. The fraction of sp³-hybridized carbons (Fsp3) is 0.167. The Kier molecular flexibility index (Phi) is 5.05. The number of rotatable bonds is 5. The molecule has 0 aliphatic heterocycles. The van der Waals surface area contributed by atoms with E-state index in [-0.39, 0.29) is 11.3 Å².